The van der Waals surface area contributed by atoms with Crippen LogP contribution in [0.4, 0.5) is 5.69 Å². The summed E-state index contributed by atoms with van der Waals surface area (Å²) >= 11 is 6.10. The topological polar surface area (TPSA) is 83.7 Å². The van der Waals surface area contributed by atoms with Gasteiger partial charge in [0.1, 0.15) is 11.5 Å². The second-order valence-electron chi connectivity index (χ2n) is 7.49. The fourth-order valence-corrected chi connectivity index (χ4v) is 4.12. The average molecular weight is 442 g/mol. The van der Waals surface area contributed by atoms with Crippen LogP contribution in [0.15, 0.2) is 42.6 Å². The van der Waals surface area contributed by atoms with Crippen LogP contribution >= 0.6 is 11.6 Å². The first kappa shape index (κ1) is 21.1. The minimum Gasteiger partial charge on any atom is -0.497 e. The lowest BCUT2D eigenvalue weighted by atomic mass is 10.1. The lowest BCUT2D eigenvalue weighted by Gasteiger charge is -2.20. The zero-order chi connectivity index (χ0) is 22.0. The minimum atomic E-state index is -0.406. The first-order chi connectivity index (χ1) is 15.0. The van der Waals surface area contributed by atoms with Crippen molar-refractivity contribution in [2.45, 2.75) is 12.8 Å². The highest BCUT2D eigenvalue weighted by Crippen LogP contribution is 2.35. The molecular formula is C23H24ClN3O4. The van der Waals surface area contributed by atoms with Crippen molar-refractivity contribution in [1.29, 1.82) is 0 Å². The van der Waals surface area contributed by atoms with E-state index in [1.54, 1.807) is 37.3 Å². The molecular weight excluding hydrogens is 418 g/mol. The Hall–Kier alpha value is -3.19. The molecule has 3 aromatic rings. The number of hydrogen-bond donors (Lipinski definition) is 2. The van der Waals surface area contributed by atoms with E-state index in [1.165, 1.54) is 0 Å². The number of benzene rings is 2. The summed E-state index contributed by atoms with van der Waals surface area (Å²) < 4.78 is 10.6. The number of nitrogens with zero attached hydrogens (tertiary/aromatic N) is 1. The van der Waals surface area contributed by atoms with Gasteiger partial charge in [0.05, 0.1) is 25.8 Å². The average Bonchev–Trinajstić information content (AvgIpc) is 3.36. The highest BCUT2D eigenvalue weighted by atomic mass is 35.5. The van der Waals surface area contributed by atoms with Crippen LogP contribution in [0.1, 0.15) is 12.0 Å². The Labute approximate surface area is 185 Å². The molecule has 0 bridgehead atoms. The van der Waals surface area contributed by atoms with Crippen molar-refractivity contribution in [1.82, 2.24) is 10.3 Å². The third kappa shape index (κ3) is 4.32. The number of fused-ring (bicyclic) bond motifs is 1. The molecule has 1 aliphatic heterocycles. The van der Waals surface area contributed by atoms with Crippen molar-refractivity contribution >= 4 is 40.0 Å². The molecule has 1 saturated heterocycles. The van der Waals surface area contributed by atoms with Gasteiger partial charge in [0.2, 0.25) is 11.8 Å². The van der Waals surface area contributed by atoms with E-state index >= 15 is 0 Å². The number of hydrogen-bond acceptors (Lipinski definition) is 4. The fourth-order valence-electron chi connectivity index (χ4n) is 3.95. The number of rotatable bonds is 7. The van der Waals surface area contributed by atoms with Crippen LogP contribution in [0.3, 0.4) is 0 Å². The quantitative estimate of drug-likeness (QED) is 0.587. The number of carbonyl (C=O) groups excluding carboxylic acids is 2. The molecule has 2 amide bonds. The smallest absolute Gasteiger partial charge is 0.227 e. The fraction of sp³-hybridized carbons (Fsp3) is 0.304. The summed E-state index contributed by atoms with van der Waals surface area (Å²) in [5.41, 5.74) is 2.74. The number of carbonyl (C=O) groups is 2. The SMILES string of the molecule is COc1ccc(N2CC(C(=O)NCCc3c[nH]c4ccc(Cl)cc34)CC2=O)c(OC)c1. The molecule has 1 unspecified atom stereocenters. The summed E-state index contributed by atoms with van der Waals surface area (Å²) in [5, 5.41) is 4.69. The van der Waals surface area contributed by atoms with E-state index in [9.17, 15) is 9.59 Å². The Bertz CT molecular complexity index is 1130. The molecule has 8 heteroatoms. The molecule has 7 nitrogen and oxygen atoms in total. The number of nitrogens with one attached hydrogen (secondary N) is 2. The normalized spacial score (nSPS) is 16.0. The molecule has 0 saturated carbocycles. The lowest BCUT2D eigenvalue weighted by Crippen LogP contribution is -2.34. The van der Waals surface area contributed by atoms with Gasteiger partial charge >= 0.3 is 0 Å². The van der Waals surface area contributed by atoms with Gasteiger partial charge in [0.25, 0.3) is 0 Å². The van der Waals surface area contributed by atoms with Crippen LogP contribution in [0.25, 0.3) is 10.9 Å². The molecule has 4 rings (SSSR count). The highest BCUT2D eigenvalue weighted by molar-refractivity contribution is 6.31. The van der Waals surface area contributed by atoms with E-state index in [4.69, 9.17) is 21.1 Å². The summed E-state index contributed by atoms with van der Waals surface area (Å²) in [7, 11) is 3.11. The van der Waals surface area contributed by atoms with E-state index in [0.29, 0.717) is 41.7 Å². The summed E-state index contributed by atoms with van der Waals surface area (Å²) in [6, 6.07) is 11.0. The number of halogens is 1. The number of aromatic nitrogens is 1. The molecule has 1 aromatic heterocycles. The van der Waals surface area contributed by atoms with E-state index in [2.05, 4.69) is 10.3 Å². The Balaban J connectivity index is 1.38. The third-order valence-corrected chi connectivity index (χ3v) is 5.83. The van der Waals surface area contributed by atoms with E-state index in [1.807, 2.05) is 24.4 Å². The number of aromatic amines is 1. The standard InChI is InChI=1S/C23H24ClN3O4/c1-30-17-4-6-20(21(11-17)31-2)27-13-15(9-22(27)28)23(29)25-8-7-14-12-26-19-5-3-16(24)10-18(14)19/h3-6,10-12,15,26H,7-9,13H2,1-2H3,(H,25,29). The van der Waals surface area contributed by atoms with Gasteiger partial charge in [0, 0.05) is 47.7 Å². The Morgan fingerprint density at radius 3 is 2.84 bits per heavy atom. The summed E-state index contributed by atoms with van der Waals surface area (Å²) in [6.07, 6.45) is 2.77. The lowest BCUT2D eigenvalue weighted by molar-refractivity contribution is -0.126. The Morgan fingerprint density at radius 1 is 1.23 bits per heavy atom. The first-order valence-corrected chi connectivity index (χ1v) is 10.4. The van der Waals surface area contributed by atoms with E-state index in [0.717, 1.165) is 16.5 Å². The molecule has 0 radical (unpaired) electrons. The third-order valence-electron chi connectivity index (χ3n) is 5.60. The van der Waals surface area contributed by atoms with Crippen LogP contribution in [-0.2, 0) is 16.0 Å². The first-order valence-electron chi connectivity index (χ1n) is 10.1. The van der Waals surface area contributed by atoms with Crippen molar-refractivity contribution in [2.75, 3.05) is 32.2 Å². The monoisotopic (exact) mass is 441 g/mol. The van der Waals surface area contributed by atoms with Crippen molar-refractivity contribution < 1.29 is 19.1 Å². The summed E-state index contributed by atoms with van der Waals surface area (Å²) in [4.78, 5) is 30.1. The summed E-state index contributed by atoms with van der Waals surface area (Å²) in [6.45, 7) is 0.797. The largest absolute Gasteiger partial charge is 0.497 e. The molecule has 1 fully saturated rings. The highest BCUT2D eigenvalue weighted by Gasteiger charge is 2.36. The molecule has 1 atom stereocenters. The number of amides is 2. The van der Waals surface area contributed by atoms with Gasteiger partial charge in [-0.3, -0.25) is 9.59 Å². The molecule has 2 aromatic carbocycles. The van der Waals surface area contributed by atoms with Crippen LogP contribution < -0.4 is 19.7 Å². The number of ether oxygens (including phenoxy) is 2. The van der Waals surface area contributed by atoms with Gasteiger partial charge in [0.15, 0.2) is 0 Å². The maximum atomic E-state index is 12.7. The molecule has 0 aliphatic carbocycles. The van der Waals surface area contributed by atoms with Crippen LogP contribution in [0, 0.1) is 5.92 Å². The van der Waals surface area contributed by atoms with Gasteiger partial charge in [-0.2, -0.15) is 0 Å². The second-order valence-corrected chi connectivity index (χ2v) is 7.92. The number of H-pyrrole nitrogens is 1. The Kier molecular flexibility index (Phi) is 6.04. The van der Waals surface area contributed by atoms with Gasteiger partial charge < -0.3 is 24.7 Å². The number of methoxy groups -OCH3 is 2. The van der Waals surface area contributed by atoms with Gasteiger partial charge in [-0.1, -0.05) is 11.6 Å². The van der Waals surface area contributed by atoms with Crippen molar-refractivity contribution in [3.05, 3.63) is 53.2 Å². The maximum Gasteiger partial charge on any atom is 0.227 e. The predicted octanol–water partition coefficient (Wildman–Crippen LogP) is 3.55. The zero-order valence-electron chi connectivity index (χ0n) is 17.4. The van der Waals surface area contributed by atoms with Crippen molar-refractivity contribution in [2.24, 2.45) is 5.92 Å². The minimum absolute atomic E-state index is 0.102. The molecule has 2 heterocycles. The number of anilines is 1. The molecule has 162 valence electrons. The molecule has 1 aliphatic rings. The van der Waals surface area contributed by atoms with E-state index < -0.39 is 5.92 Å². The van der Waals surface area contributed by atoms with Crippen molar-refractivity contribution in [3.8, 4) is 11.5 Å². The zero-order valence-corrected chi connectivity index (χ0v) is 18.2. The Morgan fingerprint density at radius 2 is 2.06 bits per heavy atom. The molecule has 31 heavy (non-hydrogen) atoms. The van der Waals surface area contributed by atoms with Gasteiger partial charge in [-0.25, -0.2) is 0 Å². The molecule has 0 spiro atoms. The predicted molar refractivity (Wildman–Crippen MR) is 120 cm³/mol. The second kappa shape index (κ2) is 8.89. The maximum absolute atomic E-state index is 12.7. The van der Waals surface area contributed by atoms with Gasteiger partial charge in [-0.05, 0) is 42.3 Å². The summed E-state index contributed by atoms with van der Waals surface area (Å²) in [5.74, 6) is 0.541. The van der Waals surface area contributed by atoms with Crippen LogP contribution in [0.2, 0.25) is 5.02 Å². The van der Waals surface area contributed by atoms with E-state index in [-0.39, 0.29) is 18.2 Å². The van der Waals surface area contributed by atoms with Crippen molar-refractivity contribution in [3.63, 3.8) is 0 Å². The molecule has 2 N–H and O–H groups in total. The van der Waals surface area contributed by atoms with Crippen LogP contribution in [0.5, 0.6) is 11.5 Å². The van der Waals surface area contributed by atoms with Gasteiger partial charge in [-0.15, -0.1) is 0 Å². The van der Waals surface area contributed by atoms with Crippen LogP contribution in [-0.4, -0.2) is 44.1 Å².